The van der Waals surface area contributed by atoms with Crippen LogP contribution in [0.1, 0.15) is 11.3 Å². The SMILES string of the molecule is Cc1cc(=O)n2cc(Cl)cc(C)c2n1. The summed E-state index contributed by atoms with van der Waals surface area (Å²) in [5.74, 6) is 0. The summed E-state index contributed by atoms with van der Waals surface area (Å²) in [4.78, 5) is 15.8. The fourth-order valence-electron chi connectivity index (χ4n) is 1.44. The first-order chi connectivity index (χ1) is 6.58. The maximum absolute atomic E-state index is 11.6. The van der Waals surface area contributed by atoms with Gasteiger partial charge in [-0.1, -0.05) is 11.6 Å². The van der Waals surface area contributed by atoms with Crippen molar-refractivity contribution in [1.29, 1.82) is 0 Å². The van der Waals surface area contributed by atoms with Gasteiger partial charge in [-0.05, 0) is 25.5 Å². The molecule has 72 valence electrons. The molecule has 2 aromatic heterocycles. The zero-order valence-electron chi connectivity index (χ0n) is 7.91. The maximum atomic E-state index is 11.6. The standard InChI is InChI=1S/C10H9ClN2O/c1-6-3-8(11)5-13-9(14)4-7(2)12-10(6)13/h3-5H,1-2H3. The van der Waals surface area contributed by atoms with Crippen LogP contribution in [0, 0.1) is 13.8 Å². The Morgan fingerprint density at radius 3 is 2.79 bits per heavy atom. The van der Waals surface area contributed by atoms with E-state index in [2.05, 4.69) is 4.98 Å². The van der Waals surface area contributed by atoms with Crippen LogP contribution in [0.4, 0.5) is 0 Å². The van der Waals surface area contributed by atoms with Crippen molar-refractivity contribution in [3.05, 3.63) is 45.0 Å². The Labute approximate surface area is 86.0 Å². The lowest BCUT2D eigenvalue weighted by atomic mass is 10.3. The molecule has 0 aromatic carbocycles. The molecule has 4 heteroatoms. The highest BCUT2D eigenvalue weighted by molar-refractivity contribution is 6.30. The third-order valence-corrected chi connectivity index (χ3v) is 2.25. The van der Waals surface area contributed by atoms with Crippen LogP contribution in [0.3, 0.4) is 0 Å². The smallest absolute Gasteiger partial charge is 0.258 e. The lowest BCUT2D eigenvalue weighted by molar-refractivity contribution is 1.01. The van der Waals surface area contributed by atoms with Gasteiger partial charge in [0.2, 0.25) is 0 Å². The first-order valence-electron chi connectivity index (χ1n) is 4.24. The van der Waals surface area contributed by atoms with Crippen molar-refractivity contribution in [2.45, 2.75) is 13.8 Å². The average Bonchev–Trinajstić information content (AvgIpc) is 2.07. The molecule has 0 saturated carbocycles. The van der Waals surface area contributed by atoms with E-state index in [-0.39, 0.29) is 5.56 Å². The molecule has 3 nitrogen and oxygen atoms in total. The molecular weight excluding hydrogens is 200 g/mol. The number of hydrogen-bond acceptors (Lipinski definition) is 2. The normalized spacial score (nSPS) is 10.8. The predicted molar refractivity (Wildman–Crippen MR) is 55.9 cm³/mol. The summed E-state index contributed by atoms with van der Waals surface area (Å²) in [6.45, 7) is 3.68. The quantitative estimate of drug-likeness (QED) is 0.664. The lowest BCUT2D eigenvalue weighted by Crippen LogP contribution is -2.15. The average molecular weight is 209 g/mol. The van der Waals surface area contributed by atoms with Gasteiger partial charge >= 0.3 is 0 Å². The lowest BCUT2D eigenvalue weighted by Gasteiger charge is -2.04. The third kappa shape index (κ3) is 1.40. The molecule has 14 heavy (non-hydrogen) atoms. The van der Waals surface area contributed by atoms with Gasteiger partial charge in [-0.2, -0.15) is 0 Å². The maximum Gasteiger partial charge on any atom is 0.258 e. The second-order valence-corrected chi connectivity index (χ2v) is 3.71. The molecule has 0 N–H and O–H groups in total. The van der Waals surface area contributed by atoms with Crippen molar-refractivity contribution < 1.29 is 0 Å². The van der Waals surface area contributed by atoms with E-state index in [1.165, 1.54) is 10.5 Å². The molecule has 0 aliphatic carbocycles. The van der Waals surface area contributed by atoms with Crippen LogP contribution in [0.5, 0.6) is 0 Å². The molecule has 0 aliphatic rings. The van der Waals surface area contributed by atoms with E-state index in [0.29, 0.717) is 10.7 Å². The number of fused-ring (bicyclic) bond motifs is 1. The van der Waals surface area contributed by atoms with Crippen LogP contribution in [-0.4, -0.2) is 9.38 Å². The minimum absolute atomic E-state index is 0.0990. The van der Waals surface area contributed by atoms with E-state index in [9.17, 15) is 4.79 Å². The first kappa shape index (κ1) is 9.21. The Balaban J connectivity index is 3.02. The Morgan fingerprint density at radius 2 is 2.07 bits per heavy atom. The molecular formula is C10H9ClN2O. The van der Waals surface area contributed by atoms with E-state index >= 15 is 0 Å². The summed E-state index contributed by atoms with van der Waals surface area (Å²) >= 11 is 5.85. The summed E-state index contributed by atoms with van der Waals surface area (Å²) in [5, 5.41) is 0.544. The molecule has 0 atom stereocenters. The summed E-state index contributed by atoms with van der Waals surface area (Å²) in [6.07, 6.45) is 1.58. The minimum Gasteiger partial charge on any atom is -0.269 e. The number of halogens is 1. The molecule has 2 heterocycles. The highest BCUT2D eigenvalue weighted by Gasteiger charge is 2.03. The van der Waals surface area contributed by atoms with Gasteiger partial charge in [0.1, 0.15) is 5.65 Å². The number of aromatic nitrogens is 2. The van der Waals surface area contributed by atoms with Gasteiger partial charge < -0.3 is 0 Å². The van der Waals surface area contributed by atoms with Gasteiger partial charge in [-0.3, -0.25) is 9.20 Å². The molecule has 2 rings (SSSR count). The molecule has 0 bridgehead atoms. The second-order valence-electron chi connectivity index (χ2n) is 3.27. The van der Waals surface area contributed by atoms with Gasteiger partial charge in [0.05, 0.1) is 5.02 Å². The largest absolute Gasteiger partial charge is 0.269 e. The molecule has 0 aliphatic heterocycles. The zero-order valence-corrected chi connectivity index (χ0v) is 8.67. The molecule has 0 unspecified atom stereocenters. The van der Waals surface area contributed by atoms with E-state index in [1.807, 2.05) is 6.92 Å². The number of nitrogens with zero attached hydrogens (tertiary/aromatic N) is 2. The Morgan fingerprint density at radius 1 is 1.36 bits per heavy atom. The summed E-state index contributed by atoms with van der Waals surface area (Å²) in [5.41, 5.74) is 2.19. The van der Waals surface area contributed by atoms with Crippen LogP contribution in [0.25, 0.3) is 5.65 Å². The van der Waals surface area contributed by atoms with Gasteiger partial charge in [-0.15, -0.1) is 0 Å². The number of aryl methyl sites for hydroxylation is 2. The van der Waals surface area contributed by atoms with Gasteiger partial charge in [0.25, 0.3) is 5.56 Å². The van der Waals surface area contributed by atoms with Gasteiger partial charge in [0.15, 0.2) is 0 Å². The van der Waals surface area contributed by atoms with Crippen molar-refractivity contribution in [3.8, 4) is 0 Å². The fraction of sp³-hybridized carbons (Fsp3) is 0.200. The number of rotatable bonds is 0. The number of pyridine rings is 1. The second kappa shape index (κ2) is 3.10. The van der Waals surface area contributed by atoms with Crippen molar-refractivity contribution in [2.75, 3.05) is 0 Å². The van der Waals surface area contributed by atoms with E-state index in [4.69, 9.17) is 11.6 Å². The van der Waals surface area contributed by atoms with Crippen molar-refractivity contribution in [1.82, 2.24) is 9.38 Å². The van der Waals surface area contributed by atoms with Crippen LogP contribution in [-0.2, 0) is 0 Å². The van der Waals surface area contributed by atoms with Gasteiger partial charge in [-0.25, -0.2) is 4.98 Å². The van der Waals surface area contributed by atoms with E-state index in [1.54, 1.807) is 19.2 Å². The van der Waals surface area contributed by atoms with E-state index < -0.39 is 0 Å². The molecule has 2 aromatic rings. The van der Waals surface area contributed by atoms with Crippen LogP contribution >= 0.6 is 11.6 Å². The van der Waals surface area contributed by atoms with Crippen molar-refractivity contribution >= 4 is 17.2 Å². The first-order valence-corrected chi connectivity index (χ1v) is 4.62. The summed E-state index contributed by atoms with van der Waals surface area (Å²) in [6, 6.07) is 3.28. The fourth-order valence-corrected chi connectivity index (χ4v) is 1.70. The molecule has 0 amide bonds. The van der Waals surface area contributed by atoms with Gasteiger partial charge in [0, 0.05) is 18.0 Å². The molecule has 0 saturated heterocycles. The highest BCUT2D eigenvalue weighted by Crippen LogP contribution is 2.13. The molecule has 0 fully saturated rings. The number of hydrogen-bond donors (Lipinski definition) is 0. The van der Waals surface area contributed by atoms with Crippen LogP contribution in [0.15, 0.2) is 23.1 Å². The topological polar surface area (TPSA) is 34.4 Å². The summed E-state index contributed by atoms with van der Waals surface area (Å²) < 4.78 is 1.46. The highest BCUT2D eigenvalue weighted by atomic mass is 35.5. The predicted octanol–water partition coefficient (Wildman–Crippen LogP) is 1.96. The zero-order chi connectivity index (χ0) is 10.3. The van der Waals surface area contributed by atoms with Crippen LogP contribution < -0.4 is 5.56 Å². The molecule has 0 spiro atoms. The van der Waals surface area contributed by atoms with Crippen molar-refractivity contribution in [2.24, 2.45) is 0 Å². The minimum atomic E-state index is -0.0990. The molecule has 0 radical (unpaired) electrons. The Kier molecular flexibility index (Phi) is 2.04. The van der Waals surface area contributed by atoms with E-state index in [0.717, 1.165) is 11.3 Å². The van der Waals surface area contributed by atoms with Crippen molar-refractivity contribution in [3.63, 3.8) is 0 Å². The monoisotopic (exact) mass is 208 g/mol. The Bertz CT molecular complexity index is 560. The summed E-state index contributed by atoms with van der Waals surface area (Å²) in [7, 11) is 0. The van der Waals surface area contributed by atoms with Crippen LogP contribution in [0.2, 0.25) is 5.02 Å². The Hall–Kier alpha value is -1.35. The third-order valence-electron chi connectivity index (χ3n) is 2.04.